The number of hydrogen-bond donors (Lipinski definition) is 0. The summed E-state index contributed by atoms with van der Waals surface area (Å²) >= 11 is 3.43. The predicted octanol–water partition coefficient (Wildman–Crippen LogP) is 1.22. The molecule has 96 valence electrons. The van der Waals surface area contributed by atoms with Gasteiger partial charge in [0.1, 0.15) is 0 Å². The first kappa shape index (κ1) is 13.0. The van der Waals surface area contributed by atoms with Crippen molar-refractivity contribution in [2.24, 2.45) is 13.0 Å². The minimum absolute atomic E-state index is 0.271. The van der Waals surface area contributed by atoms with E-state index in [1.165, 1.54) is 10.9 Å². The van der Waals surface area contributed by atoms with Crippen molar-refractivity contribution in [3.05, 3.63) is 12.3 Å². The molecule has 2 rings (SSSR count). The van der Waals surface area contributed by atoms with Gasteiger partial charge in [0.2, 0.25) is 0 Å². The highest BCUT2D eigenvalue weighted by Crippen LogP contribution is 2.24. The molecule has 0 N–H and O–H groups in total. The molecule has 0 bridgehead atoms. The SMILES string of the molecule is Cn1nccc1S(=O)(=O)N1CCCC(CBr)C1. The van der Waals surface area contributed by atoms with Gasteiger partial charge < -0.3 is 0 Å². The van der Waals surface area contributed by atoms with Crippen LogP contribution in [0.1, 0.15) is 12.8 Å². The maximum atomic E-state index is 12.4. The van der Waals surface area contributed by atoms with Gasteiger partial charge in [0.15, 0.2) is 5.03 Å². The molecule has 0 saturated carbocycles. The van der Waals surface area contributed by atoms with E-state index in [0.29, 0.717) is 19.0 Å². The van der Waals surface area contributed by atoms with Crippen molar-refractivity contribution in [2.45, 2.75) is 17.9 Å². The molecule has 2 heterocycles. The fourth-order valence-electron chi connectivity index (χ4n) is 2.12. The molecule has 0 aromatic carbocycles. The number of hydrogen-bond acceptors (Lipinski definition) is 3. The maximum absolute atomic E-state index is 12.4. The Morgan fingerprint density at radius 3 is 2.94 bits per heavy atom. The second-order valence-electron chi connectivity index (χ2n) is 4.32. The minimum Gasteiger partial charge on any atom is -0.256 e. The number of aryl methyl sites for hydroxylation is 1. The van der Waals surface area contributed by atoms with Crippen LogP contribution < -0.4 is 0 Å². The van der Waals surface area contributed by atoms with Crippen LogP contribution in [0.5, 0.6) is 0 Å². The third-order valence-electron chi connectivity index (χ3n) is 3.08. The Labute approximate surface area is 110 Å². The Kier molecular flexibility index (Phi) is 3.89. The summed E-state index contributed by atoms with van der Waals surface area (Å²) in [4.78, 5) is 0. The van der Waals surface area contributed by atoms with Crippen LogP contribution in [0.15, 0.2) is 17.3 Å². The highest BCUT2D eigenvalue weighted by molar-refractivity contribution is 9.09. The largest absolute Gasteiger partial charge is 0.260 e. The molecule has 1 aliphatic heterocycles. The third-order valence-corrected chi connectivity index (χ3v) is 5.94. The first-order valence-electron chi connectivity index (χ1n) is 5.60. The van der Waals surface area contributed by atoms with E-state index in [0.717, 1.165) is 18.2 Å². The molecule has 17 heavy (non-hydrogen) atoms. The van der Waals surface area contributed by atoms with Crippen LogP contribution in [0.3, 0.4) is 0 Å². The smallest absolute Gasteiger partial charge is 0.256 e. The molecule has 1 unspecified atom stereocenters. The topological polar surface area (TPSA) is 55.2 Å². The predicted molar refractivity (Wildman–Crippen MR) is 68.5 cm³/mol. The van der Waals surface area contributed by atoms with Gasteiger partial charge in [-0.05, 0) is 24.8 Å². The van der Waals surface area contributed by atoms with Crippen molar-refractivity contribution < 1.29 is 8.42 Å². The second-order valence-corrected chi connectivity index (χ2v) is 6.85. The number of aromatic nitrogens is 2. The summed E-state index contributed by atoms with van der Waals surface area (Å²) in [5, 5.41) is 5.04. The minimum atomic E-state index is -3.38. The van der Waals surface area contributed by atoms with Gasteiger partial charge in [-0.25, -0.2) is 8.42 Å². The Balaban J connectivity index is 2.24. The number of piperidine rings is 1. The Morgan fingerprint density at radius 1 is 1.59 bits per heavy atom. The van der Waals surface area contributed by atoms with Crippen molar-refractivity contribution in [1.29, 1.82) is 0 Å². The fraction of sp³-hybridized carbons (Fsp3) is 0.700. The van der Waals surface area contributed by atoms with Crippen LogP contribution in [0.2, 0.25) is 0 Å². The third kappa shape index (κ3) is 2.56. The fourth-order valence-corrected chi connectivity index (χ4v) is 4.30. The van der Waals surface area contributed by atoms with E-state index in [4.69, 9.17) is 0 Å². The van der Waals surface area contributed by atoms with Crippen LogP contribution in [-0.2, 0) is 17.1 Å². The average molecular weight is 322 g/mol. The van der Waals surface area contributed by atoms with E-state index >= 15 is 0 Å². The lowest BCUT2D eigenvalue weighted by atomic mass is 10.0. The summed E-state index contributed by atoms with van der Waals surface area (Å²) < 4.78 is 27.7. The normalized spacial score (nSPS) is 22.8. The number of sulfonamides is 1. The zero-order chi connectivity index (χ0) is 12.5. The van der Waals surface area contributed by atoms with Crippen molar-refractivity contribution >= 4 is 26.0 Å². The number of rotatable bonds is 3. The van der Waals surface area contributed by atoms with Crippen molar-refractivity contribution in [3.63, 3.8) is 0 Å². The van der Waals surface area contributed by atoms with E-state index in [1.807, 2.05) is 0 Å². The molecule has 7 heteroatoms. The highest BCUT2D eigenvalue weighted by atomic mass is 79.9. The van der Waals surface area contributed by atoms with Crippen molar-refractivity contribution in [1.82, 2.24) is 14.1 Å². The van der Waals surface area contributed by atoms with Crippen molar-refractivity contribution in [3.8, 4) is 0 Å². The summed E-state index contributed by atoms with van der Waals surface area (Å²) in [6.45, 7) is 1.20. The Hall–Kier alpha value is -0.400. The molecule has 5 nitrogen and oxygen atoms in total. The summed E-state index contributed by atoms with van der Waals surface area (Å²) in [6.07, 6.45) is 3.52. The molecule has 1 aromatic rings. The number of nitrogens with zero attached hydrogens (tertiary/aromatic N) is 3. The zero-order valence-electron chi connectivity index (χ0n) is 9.71. The summed E-state index contributed by atoms with van der Waals surface area (Å²) in [5.41, 5.74) is 0. The Morgan fingerprint density at radius 2 is 2.35 bits per heavy atom. The van der Waals surface area contributed by atoms with Gasteiger partial charge in [0, 0.05) is 25.5 Å². The van der Waals surface area contributed by atoms with E-state index in [9.17, 15) is 8.42 Å². The van der Waals surface area contributed by atoms with E-state index in [2.05, 4.69) is 21.0 Å². The molecule has 0 spiro atoms. The molecule has 0 amide bonds. The Bertz CT molecular complexity index is 485. The summed E-state index contributed by atoms with van der Waals surface area (Å²) in [7, 11) is -1.73. The van der Waals surface area contributed by atoms with Gasteiger partial charge in [0.25, 0.3) is 10.0 Å². The van der Waals surface area contributed by atoms with Gasteiger partial charge in [0.05, 0.1) is 6.20 Å². The molecule has 1 aliphatic rings. The molecule has 0 radical (unpaired) electrons. The van der Waals surface area contributed by atoms with Crippen LogP contribution >= 0.6 is 15.9 Å². The number of alkyl halides is 1. The second kappa shape index (κ2) is 5.07. The van der Waals surface area contributed by atoms with E-state index in [1.54, 1.807) is 17.4 Å². The lowest BCUT2D eigenvalue weighted by molar-refractivity contribution is 0.284. The molecule has 1 fully saturated rings. The van der Waals surface area contributed by atoms with Crippen LogP contribution in [0.25, 0.3) is 0 Å². The van der Waals surface area contributed by atoms with Crippen LogP contribution in [0.4, 0.5) is 0 Å². The lowest BCUT2D eigenvalue weighted by Crippen LogP contribution is -2.40. The van der Waals surface area contributed by atoms with Crippen LogP contribution in [0, 0.1) is 5.92 Å². The highest BCUT2D eigenvalue weighted by Gasteiger charge is 2.31. The van der Waals surface area contributed by atoms with Gasteiger partial charge >= 0.3 is 0 Å². The monoisotopic (exact) mass is 321 g/mol. The van der Waals surface area contributed by atoms with Gasteiger partial charge in [-0.1, -0.05) is 15.9 Å². The van der Waals surface area contributed by atoms with Gasteiger partial charge in [-0.3, -0.25) is 4.68 Å². The standard InChI is InChI=1S/C10H16BrN3O2S/c1-13-10(4-5-12-13)17(15,16)14-6-2-3-9(7-11)8-14/h4-5,9H,2-3,6-8H2,1H3. The molecule has 0 aliphatic carbocycles. The van der Waals surface area contributed by atoms with Gasteiger partial charge in [-0.15, -0.1) is 0 Å². The molecular formula is C10H16BrN3O2S. The first-order valence-corrected chi connectivity index (χ1v) is 8.16. The van der Waals surface area contributed by atoms with E-state index in [-0.39, 0.29) is 5.03 Å². The maximum Gasteiger partial charge on any atom is 0.260 e. The first-order chi connectivity index (χ1) is 8.05. The zero-order valence-corrected chi connectivity index (χ0v) is 12.1. The molecule has 1 atom stereocenters. The average Bonchev–Trinajstić information content (AvgIpc) is 2.76. The molecule has 1 saturated heterocycles. The molecule has 1 aromatic heterocycles. The summed E-state index contributed by atoms with van der Waals surface area (Å²) in [6, 6.07) is 1.55. The lowest BCUT2D eigenvalue weighted by Gasteiger charge is -2.30. The number of halogens is 1. The van der Waals surface area contributed by atoms with Crippen molar-refractivity contribution in [2.75, 3.05) is 18.4 Å². The van der Waals surface area contributed by atoms with Crippen LogP contribution in [-0.4, -0.2) is 40.9 Å². The quantitative estimate of drug-likeness (QED) is 0.786. The van der Waals surface area contributed by atoms with E-state index < -0.39 is 10.0 Å². The summed E-state index contributed by atoms with van der Waals surface area (Å²) in [5.74, 6) is 0.409. The van der Waals surface area contributed by atoms with Gasteiger partial charge in [-0.2, -0.15) is 9.40 Å². The molecular weight excluding hydrogens is 306 g/mol.